The van der Waals surface area contributed by atoms with E-state index in [4.69, 9.17) is 9.31 Å². The van der Waals surface area contributed by atoms with Gasteiger partial charge in [-0.15, -0.1) is 0 Å². The largest absolute Gasteiger partial charge is 0.563 e. The van der Waals surface area contributed by atoms with Crippen molar-refractivity contribution in [2.24, 2.45) is 0 Å². The van der Waals surface area contributed by atoms with Gasteiger partial charge >= 0.3 is 13.1 Å². The minimum absolute atomic E-state index is 0.311. The standard InChI is InChI=1S/C19H20BFN2O3/c1-12-11-16(9-10-17(12)21)23-18(24)22-15-7-5-14(6-8-15)20-25-13(2)19(3,4)26-20/h5-11H,2H2,1,3-4H3,(H2,22,23,24). The second-order valence-electron chi connectivity index (χ2n) is 6.67. The third-order valence-corrected chi connectivity index (χ3v) is 4.18. The van der Waals surface area contributed by atoms with Crippen molar-refractivity contribution in [3.8, 4) is 0 Å². The predicted molar refractivity (Wildman–Crippen MR) is 101 cm³/mol. The van der Waals surface area contributed by atoms with E-state index in [2.05, 4.69) is 17.2 Å². The van der Waals surface area contributed by atoms with Crippen LogP contribution in [0, 0.1) is 12.7 Å². The molecule has 1 fully saturated rings. The Morgan fingerprint density at radius 2 is 1.73 bits per heavy atom. The fourth-order valence-corrected chi connectivity index (χ4v) is 2.50. The Bertz CT molecular complexity index is 852. The van der Waals surface area contributed by atoms with Crippen LogP contribution >= 0.6 is 0 Å². The zero-order chi connectivity index (χ0) is 18.9. The van der Waals surface area contributed by atoms with E-state index in [0.717, 1.165) is 5.46 Å². The summed E-state index contributed by atoms with van der Waals surface area (Å²) in [7, 11) is -0.512. The summed E-state index contributed by atoms with van der Waals surface area (Å²) in [6.45, 7) is 9.29. The highest BCUT2D eigenvalue weighted by Crippen LogP contribution is 2.29. The van der Waals surface area contributed by atoms with Crippen LogP contribution in [0.3, 0.4) is 0 Å². The molecule has 1 heterocycles. The highest BCUT2D eigenvalue weighted by molar-refractivity contribution is 6.62. The normalized spacial score (nSPS) is 15.5. The van der Waals surface area contributed by atoms with E-state index in [1.807, 2.05) is 26.0 Å². The first-order valence-corrected chi connectivity index (χ1v) is 8.22. The molecule has 0 aliphatic carbocycles. The van der Waals surface area contributed by atoms with Gasteiger partial charge in [-0.05, 0) is 62.1 Å². The maximum Gasteiger partial charge on any atom is 0.563 e. The van der Waals surface area contributed by atoms with Crippen molar-refractivity contribution in [1.82, 2.24) is 0 Å². The van der Waals surface area contributed by atoms with Crippen molar-refractivity contribution in [2.75, 3.05) is 10.6 Å². The predicted octanol–water partition coefficient (Wildman–Crippen LogP) is 3.81. The quantitative estimate of drug-likeness (QED) is 0.824. The van der Waals surface area contributed by atoms with Gasteiger partial charge in [0.2, 0.25) is 0 Å². The Morgan fingerprint density at radius 3 is 2.31 bits per heavy atom. The zero-order valence-electron chi connectivity index (χ0n) is 14.9. The minimum Gasteiger partial charge on any atom is -0.534 e. The molecule has 26 heavy (non-hydrogen) atoms. The summed E-state index contributed by atoms with van der Waals surface area (Å²) in [5.41, 5.74) is 1.90. The number of benzene rings is 2. The average Bonchev–Trinajstić information content (AvgIpc) is 2.85. The molecule has 5 nitrogen and oxygen atoms in total. The summed E-state index contributed by atoms with van der Waals surface area (Å²) >= 11 is 0. The number of amides is 2. The first-order valence-electron chi connectivity index (χ1n) is 8.22. The van der Waals surface area contributed by atoms with Gasteiger partial charge in [0.1, 0.15) is 11.4 Å². The molecule has 1 aliphatic rings. The molecule has 0 bridgehead atoms. The highest BCUT2D eigenvalue weighted by atomic mass is 19.1. The van der Waals surface area contributed by atoms with E-state index in [9.17, 15) is 9.18 Å². The molecule has 0 saturated carbocycles. The van der Waals surface area contributed by atoms with Crippen LogP contribution in [0.4, 0.5) is 20.6 Å². The molecule has 0 atom stereocenters. The van der Waals surface area contributed by atoms with Crippen LogP contribution in [0.1, 0.15) is 19.4 Å². The van der Waals surface area contributed by atoms with Crippen molar-refractivity contribution in [2.45, 2.75) is 26.4 Å². The van der Waals surface area contributed by atoms with Gasteiger partial charge in [-0.25, -0.2) is 9.18 Å². The molecule has 134 valence electrons. The van der Waals surface area contributed by atoms with Gasteiger partial charge in [0, 0.05) is 11.4 Å². The van der Waals surface area contributed by atoms with E-state index >= 15 is 0 Å². The molecule has 1 aliphatic heterocycles. The molecule has 7 heteroatoms. The lowest BCUT2D eigenvalue weighted by Gasteiger charge is -2.15. The van der Waals surface area contributed by atoms with Gasteiger partial charge in [0.25, 0.3) is 0 Å². The monoisotopic (exact) mass is 354 g/mol. The van der Waals surface area contributed by atoms with Crippen LogP contribution in [0.2, 0.25) is 0 Å². The molecule has 0 aromatic heterocycles. The van der Waals surface area contributed by atoms with E-state index in [1.54, 1.807) is 25.1 Å². The number of aryl methyl sites for hydroxylation is 1. The third-order valence-electron chi connectivity index (χ3n) is 4.18. The molecule has 0 radical (unpaired) electrons. The van der Waals surface area contributed by atoms with Crippen molar-refractivity contribution >= 4 is 30.0 Å². The molecule has 0 unspecified atom stereocenters. The molecule has 2 N–H and O–H groups in total. The Labute approximate surface area is 152 Å². The maximum atomic E-state index is 13.3. The fourth-order valence-electron chi connectivity index (χ4n) is 2.50. The average molecular weight is 354 g/mol. The Hall–Kier alpha value is -2.80. The number of carbonyl (C=O) groups excluding carboxylic acids is 1. The van der Waals surface area contributed by atoms with Crippen LogP contribution in [0.25, 0.3) is 0 Å². The third kappa shape index (κ3) is 3.88. The van der Waals surface area contributed by atoms with E-state index < -0.39 is 18.8 Å². The topological polar surface area (TPSA) is 59.6 Å². The van der Waals surface area contributed by atoms with Gasteiger partial charge in [0.15, 0.2) is 0 Å². The number of nitrogens with one attached hydrogen (secondary N) is 2. The molecule has 2 aromatic rings. The molecule has 0 spiro atoms. The van der Waals surface area contributed by atoms with Gasteiger partial charge in [0.05, 0.1) is 5.76 Å². The maximum absolute atomic E-state index is 13.3. The first kappa shape index (κ1) is 18.0. The molecular formula is C19H20BFN2O3. The van der Waals surface area contributed by atoms with Crippen LogP contribution < -0.4 is 16.1 Å². The minimum atomic E-state index is -0.533. The van der Waals surface area contributed by atoms with Crippen LogP contribution in [-0.4, -0.2) is 18.8 Å². The summed E-state index contributed by atoms with van der Waals surface area (Å²) < 4.78 is 24.7. The molecule has 3 rings (SSSR count). The number of rotatable bonds is 3. The van der Waals surface area contributed by atoms with Crippen LogP contribution in [0.5, 0.6) is 0 Å². The second-order valence-corrected chi connectivity index (χ2v) is 6.67. The lowest BCUT2D eigenvalue weighted by molar-refractivity contribution is 0.173. The van der Waals surface area contributed by atoms with E-state index in [0.29, 0.717) is 22.7 Å². The van der Waals surface area contributed by atoms with Crippen LogP contribution in [-0.2, 0) is 9.31 Å². The summed E-state index contributed by atoms with van der Waals surface area (Å²) in [5.74, 6) is 0.271. The number of urea groups is 1. The van der Waals surface area contributed by atoms with Gasteiger partial charge in [-0.2, -0.15) is 0 Å². The van der Waals surface area contributed by atoms with Gasteiger partial charge in [-0.1, -0.05) is 18.7 Å². The van der Waals surface area contributed by atoms with Gasteiger partial charge in [-0.3, -0.25) is 0 Å². The van der Waals surface area contributed by atoms with Crippen molar-refractivity contribution in [3.05, 3.63) is 66.2 Å². The molecule has 1 saturated heterocycles. The van der Waals surface area contributed by atoms with Gasteiger partial charge < -0.3 is 19.9 Å². The summed E-state index contributed by atoms with van der Waals surface area (Å²) in [4.78, 5) is 12.1. The Balaban J connectivity index is 1.61. The number of hydrogen-bond acceptors (Lipinski definition) is 3. The number of carbonyl (C=O) groups is 1. The van der Waals surface area contributed by atoms with Crippen molar-refractivity contribution in [1.29, 1.82) is 0 Å². The van der Waals surface area contributed by atoms with Crippen molar-refractivity contribution in [3.63, 3.8) is 0 Å². The smallest absolute Gasteiger partial charge is 0.534 e. The molecule has 2 amide bonds. The Kier molecular flexibility index (Phi) is 4.74. The SMILES string of the molecule is C=C1OB(c2ccc(NC(=O)Nc3ccc(F)c(C)c3)cc2)OC1(C)C. The highest BCUT2D eigenvalue weighted by Gasteiger charge is 2.42. The summed E-state index contributed by atoms with van der Waals surface area (Å²) in [6.07, 6.45) is 0. The number of hydrogen-bond donors (Lipinski definition) is 2. The van der Waals surface area contributed by atoms with Crippen molar-refractivity contribution < 1.29 is 18.5 Å². The molecular weight excluding hydrogens is 334 g/mol. The fraction of sp³-hybridized carbons (Fsp3) is 0.211. The number of anilines is 2. The second kappa shape index (κ2) is 6.84. The zero-order valence-corrected chi connectivity index (χ0v) is 14.9. The van der Waals surface area contributed by atoms with Crippen LogP contribution in [0.15, 0.2) is 54.8 Å². The van der Waals surface area contributed by atoms with E-state index in [1.165, 1.54) is 12.1 Å². The summed E-state index contributed by atoms with van der Waals surface area (Å²) in [6, 6.07) is 11.1. The number of halogens is 1. The Morgan fingerprint density at radius 1 is 1.12 bits per heavy atom. The van der Waals surface area contributed by atoms with E-state index in [-0.39, 0.29) is 5.82 Å². The molecule has 2 aromatic carbocycles. The lowest BCUT2D eigenvalue weighted by atomic mass is 9.79. The first-order chi connectivity index (χ1) is 12.2. The summed E-state index contributed by atoms with van der Waals surface area (Å²) in [5, 5.41) is 5.39. The lowest BCUT2D eigenvalue weighted by Crippen LogP contribution is -2.34.